The molecular formula is H11Cl5O4Sb2. The van der Waals surface area contributed by atoms with E-state index in [1.807, 2.05) is 0 Å². The van der Waals surface area contributed by atoms with Crippen molar-refractivity contribution in [2.24, 2.45) is 0 Å². The first kappa shape index (κ1) is 49.0. The average molecular weight is 496 g/mol. The van der Waals surface area contributed by atoms with Gasteiger partial charge in [-0.3, -0.25) is 0 Å². The van der Waals surface area contributed by atoms with E-state index >= 15 is 0 Å². The van der Waals surface area contributed by atoms with Gasteiger partial charge in [0.15, 0.2) is 0 Å². The van der Waals surface area contributed by atoms with Crippen LogP contribution in [0.3, 0.4) is 0 Å². The molecule has 0 unspecified atom stereocenters. The van der Waals surface area contributed by atoms with Gasteiger partial charge in [-0.05, 0) is 0 Å². The summed E-state index contributed by atoms with van der Waals surface area (Å²) in [5.41, 5.74) is 0. The van der Waals surface area contributed by atoms with Gasteiger partial charge in [0.05, 0.1) is 0 Å². The third-order valence-corrected chi connectivity index (χ3v) is 0. The van der Waals surface area contributed by atoms with Gasteiger partial charge >= 0.3 is 57.7 Å². The Kier molecular flexibility index (Phi) is 102. The zero-order valence-electron chi connectivity index (χ0n) is 4.95. The molecule has 0 fully saturated rings. The Hall–Kier alpha value is 2.77. The van der Waals surface area contributed by atoms with Crippen molar-refractivity contribution in [3.8, 4) is 0 Å². The third-order valence-electron chi connectivity index (χ3n) is 0. The van der Waals surface area contributed by atoms with Crippen LogP contribution in [0.2, 0.25) is 0 Å². The Labute approximate surface area is 118 Å². The fraction of sp³-hybridized carbons (Fsp3) is 0. The molecule has 0 aromatic rings. The van der Waals surface area contributed by atoms with E-state index < -0.39 is 20.1 Å². The van der Waals surface area contributed by atoms with Gasteiger partial charge in [0.25, 0.3) is 0 Å². The molecule has 11 heavy (non-hydrogen) atoms. The predicted molar refractivity (Wildman–Crippen MR) is 59.3 cm³/mol. The second-order valence-corrected chi connectivity index (χ2v) is 3.44. The van der Waals surface area contributed by atoms with Crippen LogP contribution in [-0.2, 0) is 3.02 Å². The van der Waals surface area contributed by atoms with Gasteiger partial charge in [-0.25, -0.2) is 0 Å². The van der Waals surface area contributed by atoms with E-state index in [-0.39, 0.29) is 86.5 Å². The summed E-state index contributed by atoms with van der Waals surface area (Å²) in [7, 11) is 0. The van der Waals surface area contributed by atoms with Gasteiger partial charge in [-0.1, -0.05) is 0 Å². The molecule has 0 aromatic carbocycles. The molecule has 0 rings (SSSR count). The summed E-state index contributed by atoms with van der Waals surface area (Å²) in [6, 6.07) is 0. The van der Waals surface area contributed by atoms with Crippen LogP contribution in [0.4, 0.5) is 0 Å². The Balaban J connectivity index is -0.00000000533. The first-order valence-electron chi connectivity index (χ1n) is 0.783. The van der Waals surface area contributed by atoms with Crippen molar-refractivity contribution in [1.82, 2.24) is 0 Å². The normalized spacial score (nSPS) is 5.36. The molecule has 0 spiro atoms. The second-order valence-electron chi connectivity index (χ2n) is 0.513. The molecule has 0 aliphatic heterocycles. The van der Waals surface area contributed by atoms with E-state index in [0.29, 0.717) is 0 Å². The second kappa shape index (κ2) is 23.0. The van der Waals surface area contributed by atoms with Crippen molar-refractivity contribution in [2.75, 3.05) is 0 Å². The summed E-state index contributed by atoms with van der Waals surface area (Å²) in [5.74, 6) is 0. The summed E-state index contributed by atoms with van der Waals surface area (Å²) in [5, 5.41) is 0. The standard InChI is InChI=1S/5ClH.3H2O.O.2Sb.3H/h5*1H;3*1H2;;;;;;/q;;;;;;;;;;+3;;;/p-3. The van der Waals surface area contributed by atoms with Crippen molar-refractivity contribution >= 4 is 107 Å². The fourth-order valence-corrected chi connectivity index (χ4v) is 0. The molecule has 0 saturated heterocycles. The van der Waals surface area contributed by atoms with Crippen molar-refractivity contribution in [2.45, 2.75) is 0 Å². The summed E-state index contributed by atoms with van der Waals surface area (Å²) >= 11 is -5.35. The van der Waals surface area contributed by atoms with Crippen molar-refractivity contribution in [1.29, 1.82) is 0 Å². The summed E-state index contributed by atoms with van der Waals surface area (Å²) < 4.78 is 30.8. The van der Waals surface area contributed by atoms with Gasteiger partial charge in [-0.15, -0.1) is 62.0 Å². The molecule has 0 bridgehead atoms. The van der Waals surface area contributed by atoms with Crippen molar-refractivity contribution in [3.63, 3.8) is 0 Å². The van der Waals surface area contributed by atoms with Gasteiger partial charge < -0.3 is 0 Å². The van der Waals surface area contributed by atoms with E-state index in [1.54, 1.807) is 0 Å². The predicted octanol–water partition coefficient (Wildman–Crippen LogP) is -1.25. The van der Waals surface area contributed by atoms with Crippen LogP contribution in [0.5, 0.6) is 0 Å². The van der Waals surface area contributed by atoms with Gasteiger partial charge in [0.2, 0.25) is 0 Å². The van der Waals surface area contributed by atoms with Crippen LogP contribution in [0.15, 0.2) is 0 Å². The quantitative estimate of drug-likeness (QED) is 0.367. The number of hydrogen-bond acceptors (Lipinski definition) is 1. The molecule has 4 nitrogen and oxygen atoms in total. The monoisotopic (exact) mass is 492 g/mol. The van der Waals surface area contributed by atoms with E-state index in [2.05, 4.69) is 0 Å². The van der Waals surface area contributed by atoms with Crippen LogP contribution in [-0.4, -0.2) is 54.6 Å². The molecule has 3 N–H and O–H groups in total. The van der Waals surface area contributed by atoms with Gasteiger partial charge in [0.1, 0.15) is 0 Å². The first-order chi connectivity index (χ1) is 2.00. The maximum atomic E-state index is 8.97. The zero-order chi connectivity index (χ0) is 4.50. The SMILES string of the molecule is Cl.Cl.Cl.Cl.Cl.[O]=[Sb]([OH])([OH])[OH].[SbH3]. The third kappa shape index (κ3) is 193. The molecule has 0 aliphatic carbocycles. The Morgan fingerprint density at radius 1 is 0.727 bits per heavy atom. The molecule has 0 atom stereocenters. The molecular weight excluding hydrogens is 485 g/mol. The van der Waals surface area contributed by atoms with Gasteiger partial charge in [0, 0.05) is 0 Å². The zero-order valence-corrected chi connectivity index (χ0v) is 15.6. The van der Waals surface area contributed by atoms with Gasteiger partial charge in [-0.2, -0.15) is 0 Å². The fourth-order valence-electron chi connectivity index (χ4n) is 0. The summed E-state index contributed by atoms with van der Waals surface area (Å²) in [6.45, 7) is 0. The molecule has 0 amide bonds. The van der Waals surface area contributed by atoms with E-state index in [1.165, 1.54) is 0 Å². The minimum absolute atomic E-state index is 0. The Morgan fingerprint density at radius 2 is 0.727 bits per heavy atom. The first-order valence-corrected chi connectivity index (χ1v) is 5.25. The van der Waals surface area contributed by atoms with Crippen molar-refractivity contribution in [3.05, 3.63) is 0 Å². The minimum atomic E-state index is -5.35. The summed E-state index contributed by atoms with van der Waals surface area (Å²) in [6.07, 6.45) is 0. The number of hydrogen-bond donors (Lipinski definition) is 3. The molecule has 11 heteroatoms. The topological polar surface area (TPSA) is 77.8 Å². The molecule has 0 heterocycles. The maximum absolute atomic E-state index is 8.97. The van der Waals surface area contributed by atoms with Crippen LogP contribution >= 0.6 is 62.0 Å². The van der Waals surface area contributed by atoms with Crippen LogP contribution < -0.4 is 0 Å². The van der Waals surface area contributed by atoms with E-state index in [9.17, 15) is 0 Å². The molecule has 0 aliphatic rings. The Bertz CT molecular complexity index is 62.6. The van der Waals surface area contributed by atoms with E-state index in [4.69, 9.17) is 13.2 Å². The molecule has 0 aromatic heterocycles. The van der Waals surface area contributed by atoms with Crippen molar-refractivity contribution < 1.29 is 13.2 Å². The van der Waals surface area contributed by atoms with Crippen LogP contribution in [0.25, 0.3) is 0 Å². The van der Waals surface area contributed by atoms with Crippen LogP contribution in [0.1, 0.15) is 0 Å². The van der Waals surface area contributed by atoms with E-state index in [0.717, 1.165) is 0 Å². The number of halogens is 5. The Morgan fingerprint density at radius 3 is 0.727 bits per heavy atom. The van der Waals surface area contributed by atoms with Crippen LogP contribution in [0, 0.1) is 0 Å². The molecule has 80 valence electrons. The molecule has 0 radical (unpaired) electrons. The average Bonchev–Trinajstić information content (AvgIpc) is 0.722. The number of rotatable bonds is 0. The molecule has 0 saturated carbocycles. The summed E-state index contributed by atoms with van der Waals surface area (Å²) in [4.78, 5) is 0.